The third-order valence-corrected chi connectivity index (χ3v) is 3.78. The number of hydrogen-bond donors (Lipinski definition) is 2. The molecule has 2 N–H and O–H groups in total. The molecule has 0 heterocycles. The summed E-state index contributed by atoms with van der Waals surface area (Å²) in [5, 5.41) is 14.1. The van der Waals surface area contributed by atoms with Crippen molar-refractivity contribution >= 4 is 38.3 Å². The quantitative estimate of drug-likeness (QED) is 0.696. The molecule has 0 atom stereocenters. The van der Waals surface area contributed by atoms with E-state index < -0.39 is 11.7 Å². The molecule has 0 saturated carbocycles. The molecular formula is C17H11BrFNO2. The van der Waals surface area contributed by atoms with Crippen molar-refractivity contribution in [3.63, 3.8) is 0 Å². The Balaban J connectivity index is 2.00. The average Bonchev–Trinajstić information content (AvgIpc) is 2.49. The fourth-order valence-electron chi connectivity index (χ4n) is 2.19. The maximum atomic E-state index is 13.6. The van der Waals surface area contributed by atoms with E-state index in [2.05, 4.69) is 21.2 Å². The second kappa shape index (κ2) is 5.77. The maximum Gasteiger partial charge on any atom is 0.259 e. The number of hydrogen-bond acceptors (Lipinski definition) is 2. The van der Waals surface area contributed by atoms with Crippen molar-refractivity contribution in [2.75, 3.05) is 5.32 Å². The van der Waals surface area contributed by atoms with Crippen LogP contribution in [-0.4, -0.2) is 11.0 Å². The molecule has 0 aliphatic heterocycles. The Morgan fingerprint density at radius 1 is 1.05 bits per heavy atom. The number of carbonyl (C=O) groups is 1. The van der Waals surface area contributed by atoms with Gasteiger partial charge in [0.05, 0.1) is 11.3 Å². The first-order valence-corrected chi connectivity index (χ1v) is 7.32. The summed E-state index contributed by atoms with van der Waals surface area (Å²) in [5.41, 5.74) is 0.162. The maximum absolute atomic E-state index is 13.6. The summed E-state index contributed by atoms with van der Waals surface area (Å²) in [6.45, 7) is 0. The van der Waals surface area contributed by atoms with Crippen LogP contribution in [-0.2, 0) is 0 Å². The molecule has 0 aliphatic carbocycles. The Labute approximate surface area is 134 Å². The summed E-state index contributed by atoms with van der Waals surface area (Å²) < 4.78 is 14.5. The van der Waals surface area contributed by atoms with Gasteiger partial charge in [0, 0.05) is 4.47 Å². The number of aromatic hydroxyl groups is 1. The van der Waals surface area contributed by atoms with Crippen LogP contribution < -0.4 is 5.32 Å². The van der Waals surface area contributed by atoms with Crippen LogP contribution in [0, 0.1) is 5.82 Å². The van der Waals surface area contributed by atoms with Gasteiger partial charge >= 0.3 is 0 Å². The van der Waals surface area contributed by atoms with Crippen molar-refractivity contribution in [3.8, 4) is 5.75 Å². The third-order valence-electron chi connectivity index (χ3n) is 3.28. The van der Waals surface area contributed by atoms with Crippen LogP contribution in [0.4, 0.5) is 10.1 Å². The lowest BCUT2D eigenvalue weighted by atomic mass is 10.1. The standard InChI is InChI=1S/C17H11BrFNO2/c18-12-6-5-10-9-16(21)13(8-11(10)7-12)17(22)20-15-4-2-1-3-14(15)19/h1-9,21H,(H,20,22). The van der Waals surface area contributed by atoms with Gasteiger partial charge in [0.1, 0.15) is 11.6 Å². The van der Waals surface area contributed by atoms with Crippen molar-refractivity contribution in [2.24, 2.45) is 0 Å². The Bertz CT molecular complexity index is 880. The number of halogens is 2. The Morgan fingerprint density at radius 2 is 1.82 bits per heavy atom. The number of rotatable bonds is 2. The van der Waals surface area contributed by atoms with Crippen LogP contribution in [0.15, 0.2) is 59.1 Å². The van der Waals surface area contributed by atoms with Crippen LogP contribution in [0.3, 0.4) is 0 Å². The zero-order valence-corrected chi connectivity index (χ0v) is 12.9. The Morgan fingerprint density at radius 3 is 2.59 bits per heavy atom. The predicted molar refractivity (Wildman–Crippen MR) is 87.7 cm³/mol. The fourth-order valence-corrected chi connectivity index (χ4v) is 2.57. The van der Waals surface area contributed by atoms with Gasteiger partial charge in [0.2, 0.25) is 0 Å². The molecule has 0 spiro atoms. The van der Waals surface area contributed by atoms with Crippen molar-refractivity contribution in [3.05, 3.63) is 70.5 Å². The molecule has 110 valence electrons. The number of para-hydroxylation sites is 1. The molecule has 22 heavy (non-hydrogen) atoms. The van der Waals surface area contributed by atoms with E-state index in [0.717, 1.165) is 15.2 Å². The highest BCUT2D eigenvalue weighted by Crippen LogP contribution is 2.28. The second-order valence-electron chi connectivity index (χ2n) is 4.79. The number of phenols is 1. The second-order valence-corrected chi connectivity index (χ2v) is 5.71. The monoisotopic (exact) mass is 359 g/mol. The van der Waals surface area contributed by atoms with Gasteiger partial charge in [-0.05, 0) is 47.2 Å². The molecular weight excluding hydrogens is 349 g/mol. The Kier molecular flexibility index (Phi) is 3.81. The molecule has 0 saturated heterocycles. The number of carbonyl (C=O) groups excluding carboxylic acids is 1. The van der Waals surface area contributed by atoms with Crippen molar-refractivity contribution < 1.29 is 14.3 Å². The van der Waals surface area contributed by atoms with E-state index in [0.29, 0.717) is 0 Å². The largest absolute Gasteiger partial charge is 0.507 e. The molecule has 1 amide bonds. The molecule has 3 aromatic carbocycles. The van der Waals surface area contributed by atoms with Gasteiger partial charge in [0.25, 0.3) is 5.91 Å². The van der Waals surface area contributed by atoms with E-state index >= 15 is 0 Å². The lowest BCUT2D eigenvalue weighted by molar-refractivity contribution is 0.102. The minimum Gasteiger partial charge on any atom is -0.507 e. The summed E-state index contributed by atoms with van der Waals surface area (Å²) in [7, 11) is 0. The molecule has 0 radical (unpaired) electrons. The van der Waals surface area contributed by atoms with Crippen molar-refractivity contribution in [1.82, 2.24) is 0 Å². The molecule has 0 bridgehead atoms. The average molecular weight is 360 g/mol. The molecule has 5 heteroatoms. The summed E-state index contributed by atoms with van der Waals surface area (Å²) in [6, 6.07) is 14.5. The highest BCUT2D eigenvalue weighted by molar-refractivity contribution is 9.10. The number of amides is 1. The highest BCUT2D eigenvalue weighted by atomic mass is 79.9. The van der Waals surface area contributed by atoms with Gasteiger partial charge in [-0.3, -0.25) is 4.79 Å². The van der Waals surface area contributed by atoms with Gasteiger partial charge in [-0.25, -0.2) is 4.39 Å². The van der Waals surface area contributed by atoms with Gasteiger partial charge in [-0.2, -0.15) is 0 Å². The molecule has 0 aromatic heterocycles. The summed E-state index contributed by atoms with van der Waals surface area (Å²) in [4.78, 5) is 12.3. The van der Waals surface area contributed by atoms with Gasteiger partial charge in [-0.1, -0.05) is 34.1 Å². The van der Waals surface area contributed by atoms with Crippen LogP contribution >= 0.6 is 15.9 Å². The number of phenolic OH excluding ortho intramolecular Hbond substituents is 1. The minimum atomic E-state index is -0.565. The minimum absolute atomic E-state index is 0.0706. The first-order chi connectivity index (χ1) is 10.5. The molecule has 3 aromatic rings. The first kappa shape index (κ1) is 14.5. The lowest BCUT2D eigenvalue weighted by Gasteiger charge is -2.09. The van der Waals surface area contributed by atoms with E-state index in [4.69, 9.17) is 0 Å². The molecule has 3 rings (SSSR count). The van der Waals surface area contributed by atoms with Crippen LogP contribution in [0.5, 0.6) is 5.75 Å². The van der Waals surface area contributed by atoms with Crippen LogP contribution in [0.2, 0.25) is 0 Å². The Hall–Kier alpha value is -2.40. The molecule has 0 aliphatic rings. The lowest BCUT2D eigenvalue weighted by Crippen LogP contribution is -2.13. The predicted octanol–water partition coefficient (Wildman–Crippen LogP) is 4.70. The summed E-state index contributed by atoms with van der Waals surface area (Å²) in [5.74, 6) is -1.24. The molecule has 0 unspecified atom stereocenters. The van der Waals surface area contributed by atoms with E-state index in [1.807, 2.05) is 18.2 Å². The van der Waals surface area contributed by atoms with Crippen LogP contribution in [0.1, 0.15) is 10.4 Å². The number of benzene rings is 3. The van der Waals surface area contributed by atoms with Gasteiger partial charge < -0.3 is 10.4 Å². The van der Waals surface area contributed by atoms with E-state index in [1.54, 1.807) is 12.1 Å². The van der Waals surface area contributed by atoms with E-state index in [1.165, 1.54) is 24.3 Å². The number of fused-ring (bicyclic) bond motifs is 1. The van der Waals surface area contributed by atoms with E-state index in [-0.39, 0.29) is 17.0 Å². The van der Waals surface area contributed by atoms with Gasteiger partial charge in [0.15, 0.2) is 0 Å². The topological polar surface area (TPSA) is 49.3 Å². The summed E-state index contributed by atoms with van der Waals surface area (Å²) in [6.07, 6.45) is 0. The number of nitrogens with one attached hydrogen (secondary N) is 1. The normalized spacial score (nSPS) is 10.6. The highest BCUT2D eigenvalue weighted by Gasteiger charge is 2.14. The number of anilines is 1. The SMILES string of the molecule is O=C(Nc1ccccc1F)c1cc2cc(Br)ccc2cc1O. The molecule has 0 fully saturated rings. The zero-order valence-electron chi connectivity index (χ0n) is 11.3. The van der Waals surface area contributed by atoms with Gasteiger partial charge in [-0.15, -0.1) is 0 Å². The first-order valence-electron chi connectivity index (χ1n) is 6.53. The smallest absolute Gasteiger partial charge is 0.259 e. The molecule has 3 nitrogen and oxygen atoms in total. The van der Waals surface area contributed by atoms with Crippen LogP contribution in [0.25, 0.3) is 10.8 Å². The summed E-state index contributed by atoms with van der Waals surface area (Å²) >= 11 is 3.36. The fraction of sp³-hybridized carbons (Fsp3) is 0. The zero-order chi connectivity index (χ0) is 15.7. The third kappa shape index (κ3) is 2.80. The van der Waals surface area contributed by atoms with Crippen molar-refractivity contribution in [1.29, 1.82) is 0 Å². The van der Waals surface area contributed by atoms with Crippen molar-refractivity contribution in [2.45, 2.75) is 0 Å². The van der Waals surface area contributed by atoms with E-state index in [9.17, 15) is 14.3 Å².